The number of nitro benzene ring substituents is 1. The van der Waals surface area contributed by atoms with Crippen LogP contribution in [0.5, 0.6) is 0 Å². The zero-order valence-electron chi connectivity index (χ0n) is 12.1. The molecule has 1 aliphatic heterocycles. The molecule has 0 aliphatic carbocycles. The Morgan fingerprint density at radius 3 is 2.64 bits per heavy atom. The van der Waals surface area contributed by atoms with Crippen molar-refractivity contribution in [3.8, 4) is 0 Å². The summed E-state index contributed by atoms with van der Waals surface area (Å²) < 4.78 is 32.8. The highest BCUT2D eigenvalue weighted by Crippen LogP contribution is 2.32. The first-order valence-corrected chi connectivity index (χ1v) is 6.96. The molecule has 120 valence electrons. The van der Waals surface area contributed by atoms with Crippen molar-refractivity contribution in [1.82, 2.24) is 0 Å². The summed E-state index contributed by atoms with van der Waals surface area (Å²) >= 11 is 0. The third-order valence-corrected chi connectivity index (χ3v) is 3.58. The Kier molecular flexibility index (Phi) is 4.89. The number of carbonyl (C=O) groups excluding carboxylic acids is 1. The molecule has 0 amide bonds. The first kappa shape index (κ1) is 16.1. The van der Waals surface area contributed by atoms with Gasteiger partial charge in [0.05, 0.1) is 30.1 Å². The number of rotatable bonds is 5. The van der Waals surface area contributed by atoms with Crippen molar-refractivity contribution in [2.75, 3.05) is 24.6 Å². The van der Waals surface area contributed by atoms with Gasteiger partial charge in [0.1, 0.15) is 5.69 Å². The van der Waals surface area contributed by atoms with Gasteiger partial charge in [0.25, 0.3) is 5.69 Å². The van der Waals surface area contributed by atoms with Gasteiger partial charge in [0, 0.05) is 13.1 Å². The highest BCUT2D eigenvalue weighted by Gasteiger charge is 2.29. The van der Waals surface area contributed by atoms with Crippen molar-refractivity contribution < 1.29 is 23.2 Å². The van der Waals surface area contributed by atoms with E-state index in [1.165, 1.54) is 4.90 Å². The van der Waals surface area contributed by atoms with E-state index in [1.54, 1.807) is 6.92 Å². The van der Waals surface area contributed by atoms with Crippen LogP contribution in [0.15, 0.2) is 12.1 Å². The third kappa shape index (κ3) is 3.49. The van der Waals surface area contributed by atoms with Gasteiger partial charge in [-0.3, -0.25) is 14.9 Å². The number of nitrogens with zero attached hydrogens (tertiary/aromatic N) is 2. The van der Waals surface area contributed by atoms with E-state index in [4.69, 9.17) is 4.74 Å². The number of benzene rings is 1. The Hall–Kier alpha value is -2.25. The molecule has 0 radical (unpaired) electrons. The summed E-state index contributed by atoms with van der Waals surface area (Å²) in [6, 6.07) is 1.41. The molecule has 1 aromatic rings. The standard InChI is InChI=1S/C14H16F2N2O4/c1-2-22-13(19)5-9-3-4-17(8-9)14-11(15)6-10(18(20)21)7-12(14)16/h6-7,9H,2-5,8H2,1H3. The number of hydrogen-bond donors (Lipinski definition) is 0. The van der Waals surface area contributed by atoms with E-state index in [-0.39, 0.29) is 24.0 Å². The van der Waals surface area contributed by atoms with E-state index in [2.05, 4.69) is 0 Å². The lowest BCUT2D eigenvalue weighted by molar-refractivity contribution is -0.385. The second-order valence-corrected chi connectivity index (χ2v) is 5.12. The third-order valence-electron chi connectivity index (χ3n) is 3.58. The van der Waals surface area contributed by atoms with Crippen LogP contribution in [0.3, 0.4) is 0 Å². The Bertz CT molecular complexity index is 571. The number of anilines is 1. The molecule has 1 heterocycles. The van der Waals surface area contributed by atoms with Crippen molar-refractivity contribution in [3.63, 3.8) is 0 Å². The predicted molar refractivity (Wildman–Crippen MR) is 74.6 cm³/mol. The normalized spacial score (nSPS) is 17.6. The van der Waals surface area contributed by atoms with Gasteiger partial charge in [0.15, 0.2) is 11.6 Å². The molecule has 0 aromatic heterocycles. The summed E-state index contributed by atoms with van der Waals surface area (Å²) in [7, 11) is 0. The topological polar surface area (TPSA) is 72.7 Å². The number of ether oxygens (including phenoxy) is 1. The predicted octanol–water partition coefficient (Wildman–Crippen LogP) is 2.65. The van der Waals surface area contributed by atoms with E-state index in [0.29, 0.717) is 38.2 Å². The second kappa shape index (κ2) is 6.67. The van der Waals surface area contributed by atoms with Crippen LogP contribution in [0.2, 0.25) is 0 Å². The van der Waals surface area contributed by atoms with Gasteiger partial charge in [0.2, 0.25) is 0 Å². The fourth-order valence-electron chi connectivity index (χ4n) is 2.62. The van der Waals surface area contributed by atoms with Gasteiger partial charge < -0.3 is 9.64 Å². The smallest absolute Gasteiger partial charge is 0.306 e. The lowest BCUT2D eigenvalue weighted by Crippen LogP contribution is -2.23. The average Bonchev–Trinajstić information content (AvgIpc) is 2.86. The maximum absolute atomic E-state index is 14.0. The van der Waals surface area contributed by atoms with Crippen molar-refractivity contribution in [2.24, 2.45) is 5.92 Å². The number of non-ortho nitro benzene ring substituents is 1. The molecule has 0 N–H and O–H groups in total. The van der Waals surface area contributed by atoms with Gasteiger partial charge in [-0.15, -0.1) is 0 Å². The van der Waals surface area contributed by atoms with Crippen LogP contribution in [0.25, 0.3) is 0 Å². The Morgan fingerprint density at radius 2 is 2.09 bits per heavy atom. The molecule has 1 fully saturated rings. The van der Waals surface area contributed by atoms with Gasteiger partial charge in [-0.1, -0.05) is 0 Å². The highest BCUT2D eigenvalue weighted by atomic mass is 19.1. The summed E-state index contributed by atoms with van der Waals surface area (Å²) in [4.78, 5) is 22.6. The highest BCUT2D eigenvalue weighted by molar-refractivity contribution is 5.70. The molecular weight excluding hydrogens is 298 g/mol. The molecule has 8 heteroatoms. The number of hydrogen-bond acceptors (Lipinski definition) is 5. The number of nitro groups is 1. The van der Waals surface area contributed by atoms with Crippen LogP contribution in [0.4, 0.5) is 20.2 Å². The summed E-state index contributed by atoms with van der Waals surface area (Å²) in [6.07, 6.45) is 0.801. The average molecular weight is 314 g/mol. The quantitative estimate of drug-likeness (QED) is 0.474. The maximum Gasteiger partial charge on any atom is 0.306 e. The van der Waals surface area contributed by atoms with Gasteiger partial charge >= 0.3 is 5.97 Å². The largest absolute Gasteiger partial charge is 0.466 e. The van der Waals surface area contributed by atoms with Crippen molar-refractivity contribution in [3.05, 3.63) is 33.9 Å². The molecule has 0 spiro atoms. The van der Waals surface area contributed by atoms with Crippen LogP contribution < -0.4 is 4.90 Å². The minimum Gasteiger partial charge on any atom is -0.466 e. The zero-order valence-corrected chi connectivity index (χ0v) is 12.1. The lowest BCUT2D eigenvalue weighted by Gasteiger charge is -2.19. The van der Waals surface area contributed by atoms with Crippen molar-refractivity contribution in [1.29, 1.82) is 0 Å². The first-order chi connectivity index (χ1) is 10.4. The fourth-order valence-corrected chi connectivity index (χ4v) is 2.62. The molecule has 1 aromatic carbocycles. The molecule has 1 saturated heterocycles. The van der Waals surface area contributed by atoms with Gasteiger partial charge in [-0.25, -0.2) is 8.78 Å². The summed E-state index contributed by atoms with van der Waals surface area (Å²) in [5, 5.41) is 10.6. The van der Waals surface area contributed by atoms with E-state index in [9.17, 15) is 23.7 Å². The van der Waals surface area contributed by atoms with Crippen LogP contribution in [-0.4, -0.2) is 30.6 Å². The van der Waals surface area contributed by atoms with Crippen LogP contribution in [-0.2, 0) is 9.53 Å². The molecule has 22 heavy (non-hydrogen) atoms. The molecule has 0 saturated carbocycles. The van der Waals surface area contributed by atoms with E-state index in [0.717, 1.165) is 0 Å². The van der Waals surface area contributed by atoms with E-state index >= 15 is 0 Å². The van der Waals surface area contributed by atoms with Crippen LogP contribution >= 0.6 is 0 Å². The second-order valence-electron chi connectivity index (χ2n) is 5.12. The minimum atomic E-state index is -0.969. The first-order valence-electron chi connectivity index (χ1n) is 6.96. The van der Waals surface area contributed by atoms with Crippen molar-refractivity contribution in [2.45, 2.75) is 19.8 Å². The molecule has 2 rings (SSSR count). The Morgan fingerprint density at radius 1 is 1.45 bits per heavy atom. The lowest BCUT2D eigenvalue weighted by atomic mass is 10.1. The zero-order chi connectivity index (χ0) is 16.3. The molecule has 1 unspecified atom stereocenters. The molecule has 6 nitrogen and oxygen atoms in total. The summed E-state index contributed by atoms with van der Waals surface area (Å²) in [6.45, 7) is 2.70. The Labute approximate surface area is 125 Å². The number of esters is 1. The SMILES string of the molecule is CCOC(=O)CC1CCN(c2c(F)cc([N+](=O)[O-])cc2F)C1. The Balaban J connectivity index is 2.10. The van der Waals surface area contributed by atoms with Gasteiger partial charge in [-0.05, 0) is 19.3 Å². The van der Waals surface area contributed by atoms with Crippen LogP contribution in [0.1, 0.15) is 19.8 Å². The fraction of sp³-hybridized carbons (Fsp3) is 0.500. The van der Waals surface area contributed by atoms with Gasteiger partial charge in [-0.2, -0.15) is 0 Å². The molecule has 1 aliphatic rings. The minimum absolute atomic E-state index is 0.0481. The van der Waals surface area contributed by atoms with E-state index in [1.807, 2.05) is 0 Å². The van der Waals surface area contributed by atoms with E-state index < -0.39 is 22.2 Å². The number of halogens is 2. The molecule has 0 bridgehead atoms. The molecule has 1 atom stereocenters. The molecular formula is C14H16F2N2O4. The maximum atomic E-state index is 14.0. The van der Waals surface area contributed by atoms with Crippen molar-refractivity contribution >= 4 is 17.3 Å². The summed E-state index contributed by atoms with van der Waals surface area (Å²) in [5.41, 5.74) is -0.905. The van der Waals surface area contributed by atoms with Crippen LogP contribution in [0, 0.1) is 27.7 Å². The monoisotopic (exact) mass is 314 g/mol. The summed E-state index contributed by atoms with van der Waals surface area (Å²) in [5.74, 6) is -2.32. The number of carbonyl (C=O) groups is 1.